The van der Waals surface area contributed by atoms with Crippen molar-refractivity contribution < 1.29 is 19.0 Å². The largest absolute Gasteiger partial charge is 0.497 e. The minimum atomic E-state index is 0.311. The van der Waals surface area contributed by atoms with E-state index >= 15 is 0 Å². The van der Waals surface area contributed by atoms with Crippen LogP contribution in [-0.4, -0.2) is 44.7 Å². The molecule has 0 aliphatic rings. The van der Waals surface area contributed by atoms with Gasteiger partial charge < -0.3 is 19.1 Å². The van der Waals surface area contributed by atoms with Crippen LogP contribution < -0.4 is 14.2 Å². The van der Waals surface area contributed by atoms with E-state index in [1.54, 1.807) is 57.5 Å². The zero-order valence-corrected chi connectivity index (χ0v) is 14.8. The molecule has 126 valence electrons. The van der Waals surface area contributed by atoms with Crippen LogP contribution in [0.3, 0.4) is 0 Å². The summed E-state index contributed by atoms with van der Waals surface area (Å²) < 4.78 is 16.2. The fourth-order valence-corrected chi connectivity index (χ4v) is 2.22. The highest BCUT2D eigenvalue weighted by Gasteiger charge is 2.15. The molecule has 5 nitrogen and oxygen atoms in total. The normalized spacial score (nSPS) is 10.0. The number of thiocarbonyl (C=S) groups is 1. The lowest BCUT2D eigenvalue weighted by molar-refractivity contribution is 0.112. The van der Waals surface area contributed by atoms with Crippen LogP contribution in [0.1, 0.15) is 10.4 Å². The molecular weight excluding hydrogens is 326 g/mol. The minimum absolute atomic E-state index is 0.311. The third-order valence-electron chi connectivity index (χ3n) is 3.43. The van der Waals surface area contributed by atoms with E-state index < -0.39 is 0 Å². The van der Waals surface area contributed by atoms with Gasteiger partial charge in [0.05, 0.1) is 14.2 Å². The number of aldehydes is 1. The van der Waals surface area contributed by atoms with Gasteiger partial charge in [-0.2, -0.15) is 0 Å². The highest BCUT2D eigenvalue weighted by Crippen LogP contribution is 2.36. The average Bonchev–Trinajstić information content (AvgIpc) is 2.60. The smallest absolute Gasteiger partial charge is 0.264 e. The van der Waals surface area contributed by atoms with Gasteiger partial charge in [-0.1, -0.05) is 0 Å². The first kappa shape index (κ1) is 17.7. The predicted octanol–water partition coefficient (Wildman–Crippen LogP) is 3.41. The van der Waals surface area contributed by atoms with E-state index in [1.165, 1.54) is 0 Å². The highest BCUT2D eigenvalue weighted by molar-refractivity contribution is 7.80. The molecule has 2 rings (SSSR count). The minimum Gasteiger partial charge on any atom is -0.497 e. The number of ether oxygens (including phenoxy) is 3. The second-order valence-corrected chi connectivity index (χ2v) is 5.54. The molecule has 24 heavy (non-hydrogen) atoms. The molecule has 2 aromatic carbocycles. The van der Waals surface area contributed by atoms with Gasteiger partial charge in [0.25, 0.3) is 5.17 Å². The van der Waals surface area contributed by atoms with E-state index in [0.29, 0.717) is 28.0 Å². The SMILES string of the molecule is COc1ccc(-c2ccc(OC)cc2OC(=S)N(C)C)c(C=O)c1. The number of hydrogen-bond donors (Lipinski definition) is 0. The van der Waals surface area contributed by atoms with Crippen LogP contribution in [0.2, 0.25) is 0 Å². The molecule has 0 unspecified atom stereocenters. The van der Waals surface area contributed by atoms with Gasteiger partial charge in [-0.05, 0) is 48.1 Å². The van der Waals surface area contributed by atoms with Crippen LogP contribution in [0.25, 0.3) is 11.1 Å². The van der Waals surface area contributed by atoms with Gasteiger partial charge in [0.1, 0.15) is 17.2 Å². The Morgan fingerprint density at radius 2 is 1.58 bits per heavy atom. The summed E-state index contributed by atoms with van der Waals surface area (Å²) in [7, 11) is 6.73. The summed E-state index contributed by atoms with van der Waals surface area (Å²) in [5, 5.41) is 0.311. The monoisotopic (exact) mass is 345 g/mol. The maximum absolute atomic E-state index is 11.5. The van der Waals surface area contributed by atoms with E-state index in [2.05, 4.69) is 0 Å². The molecule has 0 radical (unpaired) electrons. The lowest BCUT2D eigenvalue weighted by Crippen LogP contribution is -2.25. The first-order chi connectivity index (χ1) is 11.5. The Bertz CT molecular complexity index is 759. The number of methoxy groups -OCH3 is 2. The number of carbonyl (C=O) groups excluding carboxylic acids is 1. The lowest BCUT2D eigenvalue weighted by atomic mass is 9.99. The average molecular weight is 345 g/mol. The molecule has 0 atom stereocenters. The van der Waals surface area contributed by atoms with Crippen molar-refractivity contribution in [3.63, 3.8) is 0 Å². The molecule has 6 heteroatoms. The zero-order chi connectivity index (χ0) is 17.7. The van der Waals surface area contributed by atoms with Gasteiger partial charge >= 0.3 is 0 Å². The van der Waals surface area contributed by atoms with Crippen molar-refractivity contribution in [1.29, 1.82) is 0 Å². The van der Waals surface area contributed by atoms with Gasteiger partial charge in [-0.15, -0.1) is 0 Å². The third-order valence-corrected chi connectivity index (χ3v) is 3.88. The van der Waals surface area contributed by atoms with Gasteiger partial charge in [0.15, 0.2) is 6.29 Å². The second-order valence-electron chi connectivity index (χ2n) is 5.20. The summed E-state index contributed by atoms with van der Waals surface area (Å²) in [6.45, 7) is 0. The molecule has 0 heterocycles. The van der Waals surface area contributed by atoms with Crippen LogP contribution in [0.5, 0.6) is 17.2 Å². The molecule has 0 aliphatic carbocycles. The van der Waals surface area contributed by atoms with Crippen molar-refractivity contribution in [3.8, 4) is 28.4 Å². The van der Waals surface area contributed by atoms with Crippen LogP contribution >= 0.6 is 12.2 Å². The fraction of sp³-hybridized carbons (Fsp3) is 0.222. The van der Waals surface area contributed by atoms with E-state index in [4.69, 9.17) is 26.4 Å². The van der Waals surface area contributed by atoms with Crippen LogP contribution in [-0.2, 0) is 0 Å². The van der Waals surface area contributed by atoms with Crippen molar-refractivity contribution in [2.45, 2.75) is 0 Å². The fourth-order valence-electron chi connectivity index (χ4n) is 2.13. The summed E-state index contributed by atoms with van der Waals surface area (Å²) >= 11 is 5.22. The number of rotatable bonds is 5. The summed E-state index contributed by atoms with van der Waals surface area (Å²) in [5.41, 5.74) is 1.97. The summed E-state index contributed by atoms with van der Waals surface area (Å²) in [4.78, 5) is 13.2. The van der Waals surface area contributed by atoms with Crippen molar-refractivity contribution in [2.75, 3.05) is 28.3 Å². The third kappa shape index (κ3) is 3.83. The van der Waals surface area contributed by atoms with Crippen LogP contribution in [0, 0.1) is 0 Å². The Morgan fingerprint density at radius 1 is 1.00 bits per heavy atom. The Kier molecular flexibility index (Phi) is 5.76. The molecule has 0 N–H and O–H groups in total. The zero-order valence-electron chi connectivity index (χ0n) is 14.0. The molecule has 0 saturated carbocycles. The molecule has 0 fully saturated rings. The summed E-state index contributed by atoms with van der Waals surface area (Å²) in [6, 6.07) is 10.7. The van der Waals surface area contributed by atoms with Gasteiger partial charge in [0.2, 0.25) is 0 Å². The van der Waals surface area contributed by atoms with Crippen LogP contribution in [0.15, 0.2) is 36.4 Å². The standard InChI is InChI=1S/C18H19NO4S/c1-19(2)18(24)23-17-10-14(22-4)6-8-16(17)15-7-5-13(21-3)9-12(15)11-20/h5-11H,1-4H3. The Hall–Kier alpha value is -2.60. The van der Waals surface area contributed by atoms with E-state index in [0.717, 1.165) is 17.4 Å². The Labute approximate surface area is 146 Å². The number of benzene rings is 2. The number of hydrogen-bond acceptors (Lipinski definition) is 5. The molecule has 0 saturated heterocycles. The quantitative estimate of drug-likeness (QED) is 0.611. The maximum Gasteiger partial charge on any atom is 0.264 e. The number of nitrogens with zero attached hydrogens (tertiary/aromatic N) is 1. The molecule has 0 amide bonds. The van der Waals surface area contributed by atoms with Crippen molar-refractivity contribution >= 4 is 23.7 Å². The van der Waals surface area contributed by atoms with Crippen molar-refractivity contribution in [1.82, 2.24) is 4.90 Å². The van der Waals surface area contributed by atoms with Crippen molar-refractivity contribution in [2.24, 2.45) is 0 Å². The number of carbonyl (C=O) groups is 1. The molecule has 0 aliphatic heterocycles. The first-order valence-electron chi connectivity index (χ1n) is 7.21. The van der Waals surface area contributed by atoms with E-state index in [-0.39, 0.29) is 0 Å². The Balaban J connectivity index is 2.57. The molecule has 0 bridgehead atoms. The maximum atomic E-state index is 11.5. The Morgan fingerprint density at radius 3 is 2.12 bits per heavy atom. The van der Waals surface area contributed by atoms with Crippen LogP contribution in [0.4, 0.5) is 0 Å². The van der Waals surface area contributed by atoms with Crippen molar-refractivity contribution in [3.05, 3.63) is 42.0 Å². The highest BCUT2D eigenvalue weighted by atomic mass is 32.1. The summed E-state index contributed by atoms with van der Waals surface area (Å²) in [5.74, 6) is 1.76. The summed E-state index contributed by atoms with van der Waals surface area (Å²) in [6.07, 6.45) is 0.788. The first-order valence-corrected chi connectivity index (χ1v) is 7.61. The van der Waals surface area contributed by atoms with Gasteiger partial charge in [-0.25, -0.2) is 0 Å². The molecular formula is C18H19NO4S. The van der Waals surface area contributed by atoms with Gasteiger partial charge in [-0.3, -0.25) is 4.79 Å². The van der Waals surface area contributed by atoms with E-state index in [9.17, 15) is 4.79 Å². The topological polar surface area (TPSA) is 48.0 Å². The second kappa shape index (κ2) is 7.79. The van der Waals surface area contributed by atoms with Gasteiger partial charge in [0, 0.05) is 31.3 Å². The lowest BCUT2D eigenvalue weighted by Gasteiger charge is -2.18. The van der Waals surface area contributed by atoms with E-state index in [1.807, 2.05) is 12.1 Å². The molecule has 2 aromatic rings. The molecule has 0 aromatic heterocycles. The predicted molar refractivity (Wildman–Crippen MR) is 97.3 cm³/mol. The molecule has 0 spiro atoms.